The van der Waals surface area contributed by atoms with Gasteiger partial charge in [-0.05, 0) is 29.0 Å². The lowest BCUT2D eigenvalue weighted by Gasteiger charge is -2.23. The fraction of sp³-hybridized carbons (Fsp3) is 0.231. The summed E-state index contributed by atoms with van der Waals surface area (Å²) >= 11 is 1.63. The van der Waals surface area contributed by atoms with Gasteiger partial charge in [-0.2, -0.15) is 0 Å². The van der Waals surface area contributed by atoms with E-state index in [-0.39, 0.29) is 11.8 Å². The van der Waals surface area contributed by atoms with Crippen LogP contribution in [-0.4, -0.2) is 26.7 Å². The molecule has 5 aromatic rings. The van der Waals surface area contributed by atoms with Gasteiger partial charge in [0.1, 0.15) is 5.76 Å². The average Bonchev–Trinajstić information content (AvgIpc) is 3.54. The maximum absolute atomic E-state index is 12.8. The number of amides is 1. The Morgan fingerprint density at radius 2 is 1.97 bits per heavy atom. The molecule has 0 bridgehead atoms. The molecule has 0 aliphatic rings. The number of thiazole rings is 1. The van der Waals surface area contributed by atoms with E-state index in [1.165, 1.54) is 10.8 Å². The second-order valence-electron chi connectivity index (χ2n) is 8.31. The molecule has 0 fully saturated rings. The number of furan rings is 1. The Kier molecular flexibility index (Phi) is 5.53. The molecule has 162 valence electrons. The molecule has 3 aromatic heterocycles. The molecule has 2 aromatic carbocycles. The van der Waals surface area contributed by atoms with Crippen molar-refractivity contribution in [2.75, 3.05) is 6.54 Å². The quantitative estimate of drug-likeness (QED) is 0.308. The Labute approximate surface area is 190 Å². The van der Waals surface area contributed by atoms with Crippen LogP contribution in [0.5, 0.6) is 0 Å². The molecule has 0 aliphatic heterocycles. The second-order valence-corrected chi connectivity index (χ2v) is 9.15. The Hall–Kier alpha value is -3.38. The van der Waals surface area contributed by atoms with Gasteiger partial charge in [0.25, 0.3) is 0 Å². The zero-order valence-corrected chi connectivity index (χ0v) is 19.0. The average molecular weight is 444 g/mol. The molecule has 0 saturated carbocycles. The summed E-state index contributed by atoms with van der Waals surface area (Å²) in [5.41, 5.74) is 3.24. The van der Waals surface area contributed by atoms with Crippen LogP contribution in [0, 0.1) is 5.92 Å². The number of benzene rings is 2. The van der Waals surface area contributed by atoms with E-state index >= 15 is 0 Å². The molecule has 0 atom stereocenters. The molecule has 6 heteroatoms. The third-order valence-corrected chi connectivity index (χ3v) is 6.59. The molecule has 0 aliphatic carbocycles. The van der Waals surface area contributed by atoms with Crippen LogP contribution in [-0.2, 0) is 17.8 Å². The first-order valence-electron chi connectivity index (χ1n) is 10.8. The van der Waals surface area contributed by atoms with Crippen molar-refractivity contribution in [3.63, 3.8) is 0 Å². The molecule has 1 amide bonds. The number of carbonyl (C=O) groups is 1. The topological polar surface area (TPSA) is 50.8 Å². The van der Waals surface area contributed by atoms with Crippen LogP contribution in [0.15, 0.2) is 76.9 Å². The van der Waals surface area contributed by atoms with E-state index in [1.54, 1.807) is 17.6 Å². The fourth-order valence-electron chi connectivity index (χ4n) is 3.97. The van der Waals surface area contributed by atoms with Crippen molar-refractivity contribution in [1.82, 2.24) is 14.3 Å². The van der Waals surface area contributed by atoms with Crippen molar-refractivity contribution in [3.8, 4) is 11.3 Å². The first kappa shape index (κ1) is 20.5. The lowest BCUT2D eigenvalue weighted by Crippen LogP contribution is -2.35. The highest BCUT2D eigenvalue weighted by Crippen LogP contribution is 2.27. The standard InChI is InChI=1S/C26H25N3O2S/c1-18(2)25(30)28(15-23-8-5-13-31-23)12-11-22-17-32-26-27-24(16-29(22)26)21-10-9-19-6-3-4-7-20(19)14-21/h3-10,13-14,16-18H,11-12,15H2,1-2H3. The first-order chi connectivity index (χ1) is 15.6. The fourth-order valence-corrected chi connectivity index (χ4v) is 4.88. The highest BCUT2D eigenvalue weighted by atomic mass is 32.1. The predicted octanol–water partition coefficient (Wildman–Crippen LogP) is 6.04. The lowest BCUT2D eigenvalue weighted by molar-refractivity contribution is -0.135. The zero-order chi connectivity index (χ0) is 22.1. The Bertz CT molecular complexity index is 1360. The zero-order valence-electron chi connectivity index (χ0n) is 18.2. The maximum atomic E-state index is 12.8. The van der Waals surface area contributed by atoms with Crippen molar-refractivity contribution in [2.45, 2.75) is 26.8 Å². The van der Waals surface area contributed by atoms with Crippen LogP contribution in [0.3, 0.4) is 0 Å². The predicted molar refractivity (Wildman–Crippen MR) is 129 cm³/mol. The van der Waals surface area contributed by atoms with Crippen LogP contribution in [0.25, 0.3) is 27.0 Å². The second kappa shape index (κ2) is 8.63. The third kappa shape index (κ3) is 4.06. The number of nitrogens with zero attached hydrogens (tertiary/aromatic N) is 3. The molecule has 0 radical (unpaired) electrons. The normalized spacial score (nSPS) is 11.6. The van der Waals surface area contributed by atoms with E-state index in [0.717, 1.165) is 34.1 Å². The van der Waals surface area contributed by atoms with Crippen LogP contribution < -0.4 is 0 Å². The number of hydrogen-bond donors (Lipinski definition) is 0. The van der Waals surface area contributed by atoms with Gasteiger partial charge in [-0.25, -0.2) is 4.98 Å². The van der Waals surface area contributed by atoms with E-state index in [4.69, 9.17) is 9.40 Å². The summed E-state index contributed by atoms with van der Waals surface area (Å²) < 4.78 is 7.63. The Balaban J connectivity index is 1.38. The molecule has 32 heavy (non-hydrogen) atoms. The number of fused-ring (bicyclic) bond motifs is 2. The third-order valence-electron chi connectivity index (χ3n) is 5.70. The van der Waals surface area contributed by atoms with Gasteiger partial charge in [0.15, 0.2) is 4.96 Å². The van der Waals surface area contributed by atoms with Crippen molar-refractivity contribution in [3.05, 3.63) is 83.9 Å². The molecule has 0 spiro atoms. The summed E-state index contributed by atoms with van der Waals surface area (Å²) in [6.45, 7) is 4.99. The van der Waals surface area contributed by atoms with Gasteiger partial charge < -0.3 is 9.32 Å². The van der Waals surface area contributed by atoms with E-state index in [1.807, 2.05) is 30.9 Å². The van der Waals surface area contributed by atoms with Crippen molar-refractivity contribution in [1.29, 1.82) is 0 Å². The number of hydrogen-bond acceptors (Lipinski definition) is 4. The number of carbonyl (C=O) groups excluding carboxylic acids is 1. The summed E-state index contributed by atoms with van der Waals surface area (Å²) in [6.07, 6.45) is 4.51. The minimum Gasteiger partial charge on any atom is -0.467 e. The van der Waals surface area contributed by atoms with Crippen LogP contribution >= 0.6 is 11.3 Å². The highest BCUT2D eigenvalue weighted by Gasteiger charge is 2.19. The minimum atomic E-state index is -0.0554. The molecule has 0 unspecified atom stereocenters. The summed E-state index contributed by atoms with van der Waals surface area (Å²) in [6, 6.07) is 18.6. The van der Waals surface area contributed by atoms with Crippen molar-refractivity contribution >= 4 is 33.0 Å². The Morgan fingerprint density at radius 3 is 2.75 bits per heavy atom. The van der Waals surface area contributed by atoms with Gasteiger partial charge in [0.2, 0.25) is 5.91 Å². The number of aromatic nitrogens is 2. The largest absolute Gasteiger partial charge is 0.467 e. The molecule has 0 saturated heterocycles. The number of rotatable bonds is 7. The number of imidazole rings is 1. The van der Waals surface area contributed by atoms with Gasteiger partial charge in [0, 0.05) is 41.7 Å². The summed E-state index contributed by atoms with van der Waals surface area (Å²) in [5, 5.41) is 4.57. The monoisotopic (exact) mass is 443 g/mol. The summed E-state index contributed by atoms with van der Waals surface area (Å²) in [4.78, 5) is 20.5. The van der Waals surface area contributed by atoms with E-state index < -0.39 is 0 Å². The molecule has 5 nitrogen and oxygen atoms in total. The highest BCUT2D eigenvalue weighted by molar-refractivity contribution is 7.15. The van der Waals surface area contributed by atoms with E-state index in [0.29, 0.717) is 13.1 Å². The van der Waals surface area contributed by atoms with Crippen molar-refractivity contribution in [2.24, 2.45) is 5.92 Å². The van der Waals surface area contributed by atoms with E-state index in [9.17, 15) is 4.79 Å². The van der Waals surface area contributed by atoms with Crippen LogP contribution in [0.1, 0.15) is 25.3 Å². The molecule has 5 rings (SSSR count). The van der Waals surface area contributed by atoms with Gasteiger partial charge in [-0.1, -0.05) is 50.2 Å². The smallest absolute Gasteiger partial charge is 0.225 e. The minimum absolute atomic E-state index is 0.0554. The lowest BCUT2D eigenvalue weighted by atomic mass is 10.1. The van der Waals surface area contributed by atoms with E-state index in [2.05, 4.69) is 58.4 Å². The van der Waals surface area contributed by atoms with Crippen LogP contribution in [0.2, 0.25) is 0 Å². The van der Waals surface area contributed by atoms with Crippen LogP contribution in [0.4, 0.5) is 0 Å². The summed E-state index contributed by atoms with van der Waals surface area (Å²) in [5.74, 6) is 0.881. The van der Waals surface area contributed by atoms with Crippen molar-refractivity contribution < 1.29 is 9.21 Å². The first-order valence-corrected chi connectivity index (χ1v) is 11.7. The van der Waals surface area contributed by atoms with Gasteiger partial charge in [-0.15, -0.1) is 11.3 Å². The molecule has 3 heterocycles. The molecular formula is C26H25N3O2S. The van der Waals surface area contributed by atoms with Gasteiger partial charge >= 0.3 is 0 Å². The Morgan fingerprint density at radius 1 is 1.12 bits per heavy atom. The van der Waals surface area contributed by atoms with Gasteiger partial charge in [0.05, 0.1) is 18.5 Å². The molecular weight excluding hydrogens is 418 g/mol. The van der Waals surface area contributed by atoms with Gasteiger partial charge in [-0.3, -0.25) is 9.20 Å². The summed E-state index contributed by atoms with van der Waals surface area (Å²) in [7, 11) is 0. The molecule has 0 N–H and O–H groups in total. The SMILES string of the molecule is CC(C)C(=O)N(CCc1csc2nc(-c3ccc4ccccc4c3)cn12)Cc1ccco1. The maximum Gasteiger partial charge on any atom is 0.225 e.